The first-order valence-corrected chi connectivity index (χ1v) is 10.8. The molecule has 8 heteroatoms. The van der Waals surface area contributed by atoms with E-state index in [2.05, 4.69) is 10.6 Å². The molecule has 1 fully saturated rings. The number of hydrogen-bond acceptors (Lipinski definition) is 5. The van der Waals surface area contributed by atoms with E-state index >= 15 is 0 Å². The number of rotatable bonds is 9. The number of nitrogens with zero attached hydrogens (tertiary/aromatic N) is 1. The number of likely N-dealkylation sites (tertiary alicyclic amines) is 1. The van der Waals surface area contributed by atoms with E-state index in [0.717, 1.165) is 5.56 Å². The zero-order chi connectivity index (χ0) is 23.0. The van der Waals surface area contributed by atoms with Crippen LogP contribution >= 0.6 is 0 Å². The predicted molar refractivity (Wildman–Crippen MR) is 116 cm³/mol. The molecule has 1 aromatic carbocycles. The molecule has 2 rings (SSSR count). The van der Waals surface area contributed by atoms with Crippen LogP contribution < -0.4 is 10.6 Å². The minimum absolute atomic E-state index is 0.0449. The lowest BCUT2D eigenvalue weighted by atomic mass is 10.0. The number of alkyl carbamates (subject to hydrolysis) is 1. The van der Waals surface area contributed by atoms with Gasteiger partial charge < -0.3 is 25.1 Å². The van der Waals surface area contributed by atoms with Crippen molar-refractivity contribution < 1.29 is 23.9 Å². The number of nitrogens with one attached hydrogen (secondary N) is 2. The van der Waals surface area contributed by atoms with E-state index < -0.39 is 24.2 Å². The maximum absolute atomic E-state index is 13.2. The fraction of sp³-hybridized carbons (Fsp3) is 0.565. The standard InChI is InChI=1S/C23H33N3O5/c1-15(2)18(13-27)24-21(28)19-11-8-12-26(19)22(29)20(16(3)4)25-23(30)31-14-17-9-6-5-7-10-17/h5-7,9-10,13,15-16,18-20H,8,11-12,14H2,1-4H3,(H,24,28)(H,25,30)/t18?,19-,20-/m0/s1. The van der Waals surface area contributed by atoms with Gasteiger partial charge in [-0.1, -0.05) is 58.0 Å². The van der Waals surface area contributed by atoms with Gasteiger partial charge in [-0.25, -0.2) is 4.79 Å². The minimum Gasteiger partial charge on any atom is -0.445 e. The van der Waals surface area contributed by atoms with Crippen LogP contribution in [0.1, 0.15) is 46.1 Å². The highest BCUT2D eigenvalue weighted by atomic mass is 16.5. The summed E-state index contributed by atoms with van der Waals surface area (Å²) in [6.45, 7) is 7.86. The van der Waals surface area contributed by atoms with Gasteiger partial charge in [-0.15, -0.1) is 0 Å². The summed E-state index contributed by atoms with van der Waals surface area (Å²) in [6.07, 6.45) is 1.23. The van der Waals surface area contributed by atoms with Gasteiger partial charge in [-0.3, -0.25) is 9.59 Å². The van der Waals surface area contributed by atoms with Crippen LogP contribution in [0.25, 0.3) is 0 Å². The summed E-state index contributed by atoms with van der Waals surface area (Å²) in [5.74, 6) is -0.904. The topological polar surface area (TPSA) is 105 Å². The van der Waals surface area contributed by atoms with Crippen LogP contribution in [0, 0.1) is 11.8 Å². The van der Waals surface area contributed by atoms with Crippen molar-refractivity contribution in [3.63, 3.8) is 0 Å². The molecule has 0 aliphatic carbocycles. The Kier molecular flexibility index (Phi) is 9.03. The molecule has 1 unspecified atom stereocenters. The monoisotopic (exact) mass is 431 g/mol. The van der Waals surface area contributed by atoms with Crippen molar-refractivity contribution in [1.82, 2.24) is 15.5 Å². The molecule has 1 aliphatic heterocycles. The molecule has 1 aromatic rings. The van der Waals surface area contributed by atoms with E-state index in [4.69, 9.17) is 4.74 Å². The summed E-state index contributed by atoms with van der Waals surface area (Å²) >= 11 is 0. The molecule has 3 atom stereocenters. The van der Waals surface area contributed by atoms with Crippen molar-refractivity contribution in [1.29, 1.82) is 0 Å². The van der Waals surface area contributed by atoms with E-state index in [1.54, 1.807) is 0 Å². The molecule has 1 heterocycles. The Labute approximate surface area is 183 Å². The number of hydrogen-bond donors (Lipinski definition) is 2. The maximum Gasteiger partial charge on any atom is 0.408 e. The molecular formula is C23H33N3O5. The number of ether oxygens (including phenoxy) is 1. The molecule has 0 aromatic heterocycles. The van der Waals surface area contributed by atoms with Crippen LogP contribution in [0.2, 0.25) is 0 Å². The van der Waals surface area contributed by atoms with E-state index in [1.165, 1.54) is 4.90 Å². The lowest BCUT2D eigenvalue weighted by Crippen LogP contribution is -2.56. The Morgan fingerprint density at radius 1 is 1.10 bits per heavy atom. The summed E-state index contributed by atoms with van der Waals surface area (Å²) in [7, 11) is 0. The number of amides is 3. The molecule has 1 saturated heterocycles. The van der Waals surface area contributed by atoms with Crippen molar-refractivity contribution in [2.24, 2.45) is 11.8 Å². The van der Waals surface area contributed by atoms with Gasteiger partial charge in [0.25, 0.3) is 0 Å². The van der Waals surface area contributed by atoms with Crippen molar-refractivity contribution in [3.8, 4) is 0 Å². The van der Waals surface area contributed by atoms with Gasteiger partial charge in [0.15, 0.2) is 0 Å². The van der Waals surface area contributed by atoms with Gasteiger partial charge in [-0.2, -0.15) is 0 Å². The molecule has 31 heavy (non-hydrogen) atoms. The van der Waals surface area contributed by atoms with E-state index in [-0.39, 0.29) is 30.3 Å². The van der Waals surface area contributed by atoms with Gasteiger partial charge >= 0.3 is 6.09 Å². The number of aldehydes is 1. The van der Waals surface area contributed by atoms with Crippen LogP contribution in [-0.2, 0) is 25.7 Å². The average molecular weight is 432 g/mol. The Morgan fingerprint density at radius 2 is 1.77 bits per heavy atom. The molecule has 0 spiro atoms. The summed E-state index contributed by atoms with van der Waals surface area (Å²) in [5, 5.41) is 5.38. The van der Waals surface area contributed by atoms with Gasteiger partial charge in [0.05, 0.1) is 6.04 Å². The summed E-state index contributed by atoms with van der Waals surface area (Å²) in [4.78, 5) is 51.0. The third-order valence-corrected chi connectivity index (χ3v) is 5.43. The zero-order valence-corrected chi connectivity index (χ0v) is 18.7. The molecule has 170 valence electrons. The van der Waals surface area contributed by atoms with Crippen LogP contribution in [0.4, 0.5) is 4.79 Å². The Hall–Kier alpha value is -2.90. The van der Waals surface area contributed by atoms with Gasteiger partial charge in [0.2, 0.25) is 11.8 Å². The van der Waals surface area contributed by atoms with Crippen molar-refractivity contribution in [3.05, 3.63) is 35.9 Å². The quantitative estimate of drug-likeness (QED) is 0.584. The van der Waals surface area contributed by atoms with Crippen molar-refractivity contribution in [2.45, 2.75) is 65.3 Å². The fourth-order valence-corrected chi connectivity index (χ4v) is 3.51. The SMILES string of the molecule is CC(C)C(C=O)NC(=O)[C@@H]1CCCN1C(=O)[C@@H](NC(=O)OCc1ccccc1)C(C)C. The predicted octanol–water partition coefficient (Wildman–Crippen LogP) is 2.27. The molecule has 2 N–H and O–H groups in total. The highest BCUT2D eigenvalue weighted by Gasteiger charge is 2.39. The van der Waals surface area contributed by atoms with Crippen LogP contribution in [-0.4, -0.2) is 53.8 Å². The molecule has 8 nitrogen and oxygen atoms in total. The lowest BCUT2D eigenvalue weighted by molar-refractivity contribution is -0.141. The summed E-state index contributed by atoms with van der Waals surface area (Å²) in [5.41, 5.74) is 0.844. The minimum atomic E-state index is -0.816. The first-order chi connectivity index (χ1) is 14.7. The van der Waals surface area contributed by atoms with Gasteiger partial charge in [0.1, 0.15) is 25.0 Å². The maximum atomic E-state index is 13.2. The molecular weight excluding hydrogens is 398 g/mol. The Balaban J connectivity index is 2.01. The smallest absolute Gasteiger partial charge is 0.408 e. The highest BCUT2D eigenvalue weighted by molar-refractivity contribution is 5.92. The van der Waals surface area contributed by atoms with Crippen LogP contribution in [0.15, 0.2) is 30.3 Å². The van der Waals surface area contributed by atoms with Crippen LogP contribution in [0.3, 0.4) is 0 Å². The number of carbonyl (C=O) groups excluding carboxylic acids is 4. The largest absolute Gasteiger partial charge is 0.445 e. The lowest BCUT2D eigenvalue weighted by Gasteiger charge is -2.31. The van der Waals surface area contributed by atoms with Crippen molar-refractivity contribution in [2.75, 3.05) is 6.54 Å². The Morgan fingerprint density at radius 3 is 2.35 bits per heavy atom. The van der Waals surface area contributed by atoms with Gasteiger partial charge in [0, 0.05) is 6.54 Å². The average Bonchev–Trinajstić information content (AvgIpc) is 3.24. The molecule has 3 amide bonds. The number of benzene rings is 1. The van der Waals surface area contributed by atoms with Crippen LogP contribution in [0.5, 0.6) is 0 Å². The molecule has 0 saturated carbocycles. The highest BCUT2D eigenvalue weighted by Crippen LogP contribution is 2.21. The zero-order valence-electron chi connectivity index (χ0n) is 18.7. The number of carbonyl (C=O) groups is 4. The van der Waals surface area contributed by atoms with E-state index in [9.17, 15) is 19.2 Å². The van der Waals surface area contributed by atoms with Crippen molar-refractivity contribution >= 4 is 24.2 Å². The second-order valence-corrected chi connectivity index (χ2v) is 8.53. The molecule has 0 radical (unpaired) electrons. The first-order valence-electron chi connectivity index (χ1n) is 10.8. The summed E-state index contributed by atoms with van der Waals surface area (Å²) < 4.78 is 5.25. The van der Waals surface area contributed by atoms with E-state index in [0.29, 0.717) is 25.7 Å². The molecule has 1 aliphatic rings. The Bertz CT molecular complexity index is 766. The third kappa shape index (κ3) is 6.80. The fourth-order valence-electron chi connectivity index (χ4n) is 3.51. The third-order valence-electron chi connectivity index (χ3n) is 5.43. The second-order valence-electron chi connectivity index (χ2n) is 8.53. The van der Waals surface area contributed by atoms with Gasteiger partial charge in [-0.05, 0) is 30.2 Å². The summed E-state index contributed by atoms with van der Waals surface area (Å²) in [6, 6.07) is 7.19. The second kappa shape index (κ2) is 11.5. The van der Waals surface area contributed by atoms with E-state index in [1.807, 2.05) is 58.0 Å². The normalized spacial score (nSPS) is 17.9. The first kappa shape index (κ1) is 24.4. The molecule has 0 bridgehead atoms.